The van der Waals surface area contributed by atoms with Gasteiger partial charge in [0.2, 0.25) is 0 Å². The quantitative estimate of drug-likeness (QED) is 0.453. The zero-order chi connectivity index (χ0) is 16.4. The van der Waals surface area contributed by atoms with Crippen molar-refractivity contribution in [3.63, 3.8) is 0 Å². The van der Waals surface area contributed by atoms with Gasteiger partial charge in [-0.1, -0.05) is 19.6 Å². The van der Waals surface area contributed by atoms with Gasteiger partial charge in [-0.3, -0.25) is 9.59 Å². The van der Waals surface area contributed by atoms with Crippen LogP contribution in [-0.2, 0) is 23.9 Å². The molecule has 2 rings (SSSR count). The Kier molecular flexibility index (Phi) is 4.84. The van der Waals surface area contributed by atoms with Gasteiger partial charge in [-0.15, -0.1) is 0 Å². The van der Waals surface area contributed by atoms with Gasteiger partial charge in [-0.05, 0) is 31.3 Å². The molecule has 0 unspecified atom stereocenters. The minimum absolute atomic E-state index is 0.0252. The van der Waals surface area contributed by atoms with E-state index < -0.39 is 12.1 Å². The number of hydrogen-bond donors (Lipinski definition) is 0. The molecular formula is C17H22O5. The number of fused-ring (bicyclic) bond motifs is 1. The van der Waals surface area contributed by atoms with Gasteiger partial charge < -0.3 is 9.47 Å². The SMILES string of the molecule is C=C1C(=O)O[C@@H]2C[C@H](C)C([C@@H](CC(C)=O)OC(C)=O)=CC[C@H]12. The molecule has 1 aliphatic carbocycles. The second-order valence-corrected chi connectivity index (χ2v) is 6.16. The maximum atomic E-state index is 11.6. The van der Waals surface area contributed by atoms with E-state index in [4.69, 9.17) is 9.47 Å². The summed E-state index contributed by atoms with van der Waals surface area (Å²) in [5.74, 6) is -0.710. The number of ether oxygens (including phenoxy) is 2. The number of hydrogen-bond acceptors (Lipinski definition) is 5. The molecule has 0 aromatic carbocycles. The molecule has 4 atom stereocenters. The topological polar surface area (TPSA) is 69.7 Å². The molecule has 5 heteroatoms. The van der Waals surface area contributed by atoms with E-state index in [-0.39, 0.29) is 36.1 Å². The molecule has 1 saturated heterocycles. The van der Waals surface area contributed by atoms with E-state index in [1.807, 2.05) is 13.0 Å². The Labute approximate surface area is 130 Å². The summed E-state index contributed by atoms with van der Waals surface area (Å²) in [6.45, 7) is 8.63. The van der Waals surface area contributed by atoms with Crippen LogP contribution in [0.15, 0.2) is 23.8 Å². The van der Waals surface area contributed by atoms with E-state index in [0.29, 0.717) is 18.4 Å². The highest BCUT2D eigenvalue weighted by Gasteiger charge is 2.41. The summed E-state index contributed by atoms with van der Waals surface area (Å²) in [4.78, 5) is 34.4. The minimum atomic E-state index is -0.534. The fraction of sp³-hybridized carbons (Fsp3) is 0.588. The normalized spacial score (nSPS) is 29.0. The van der Waals surface area contributed by atoms with E-state index in [1.54, 1.807) is 0 Å². The number of ketones is 1. The van der Waals surface area contributed by atoms with Crippen molar-refractivity contribution >= 4 is 17.7 Å². The smallest absolute Gasteiger partial charge is 0.334 e. The first-order chi connectivity index (χ1) is 10.3. The molecule has 5 nitrogen and oxygen atoms in total. The first-order valence-electron chi connectivity index (χ1n) is 7.56. The summed E-state index contributed by atoms with van der Waals surface area (Å²) in [6.07, 6.45) is 2.71. The van der Waals surface area contributed by atoms with Gasteiger partial charge in [0.1, 0.15) is 18.0 Å². The van der Waals surface area contributed by atoms with Crippen molar-refractivity contribution < 1.29 is 23.9 Å². The molecule has 1 heterocycles. The third-order valence-corrected chi connectivity index (χ3v) is 4.33. The van der Waals surface area contributed by atoms with Gasteiger partial charge in [0.25, 0.3) is 0 Å². The lowest BCUT2D eigenvalue weighted by Crippen LogP contribution is -2.26. The second-order valence-electron chi connectivity index (χ2n) is 6.16. The van der Waals surface area contributed by atoms with Gasteiger partial charge in [-0.2, -0.15) is 0 Å². The number of allylic oxidation sites excluding steroid dienone is 1. The average Bonchev–Trinajstić information content (AvgIpc) is 2.56. The molecule has 1 aliphatic heterocycles. The molecule has 22 heavy (non-hydrogen) atoms. The summed E-state index contributed by atoms with van der Waals surface area (Å²) in [5.41, 5.74) is 1.44. The monoisotopic (exact) mass is 306 g/mol. The molecule has 2 aliphatic rings. The fourth-order valence-electron chi connectivity index (χ4n) is 3.26. The third kappa shape index (κ3) is 3.46. The van der Waals surface area contributed by atoms with Crippen LogP contribution in [0.4, 0.5) is 0 Å². The number of carbonyl (C=O) groups is 3. The van der Waals surface area contributed by atoms with E-state index in [1.165, 1.54) is 13.8 Å². The van der Waals surface area contributed by atoms with Crippen LogP contribution >= 0.6 is 0 Å². The first-order valence-corrected chi connectivity index (χ1v) is 7.56. The van der Waals surface area contributed by atoms with Crippen LogP contribution in [0.1, 0.15) is 40.0 Å². The van der Waals surface area contributed by atoms with Crippen molar-refractivity contribution in [1.29, 1.82) is 0 Å². The highest BCUT2D eigenvalue weighted by atomic mass is 16.6. The lowest BCUT2D eigenvalue weighted by atomic mass is 9.89. The van der Waals surface area contributed by atoms with Gasteiger partial charge in [0.05, 0.1) is 0 Å². The largest absolute Gasteiger partial charge is 0.458 e. The average molecular weight is 306 g/mol. The third-order valence-electron chi connectivity index (χ3n) is 4.33. The Morgan fingerprint density at radius 3 is 2.73 bits per heavy atom. The Bertz CT molecular complexity index is 529. The Hall–Kier alpha value is -1.91. The van der Waals surface area contributed by atoms with Crippen LogP contribution in [0.25, 0.3) is 0 Å². The highest BCUT2D eigenvalue weighted by molar-refractivity contribution is 5.90. The fourth-order valence-corrected chi connectivity index (χ4v) is 3.26. The zero-order valence-electron chi connectivity index (χ0n) is 13.3. The highest BCUT2D eigenvalue weighted by Crippen LogP contribution is 2.39. The van der Waals surface area contributed by atoms with Crippen molar-refractivity contribution in [3.05, 3.63) is 23.8 Å². The molecule has 1 fully saturated rings. The lowest BCUT2D eigenvalue weighted by molar-refractivity contribution is -0.145. The second kappa shape index (κ2) is 6.46. The van der Waals surface area contributed by atoms with Crippen LogP contribution in [0.2, 0.25) is 0 Å². The number of Topliss-reactive ketones (excluding diaryl/α,β-unsaturated/α-hetero) is 1. The minimum Gasteiger partial charge on any atom is -0.458 e. The molecule has 0 radical (unpaired) electrons. The molecule has 0 amide bonds. The molecule has 0 aromatic heterocycles. The number of esters is 2. The maximum Gasteiger partial charge on any atom is 0.334 e. The molecule has 0 bridgehead atoms. The lowest BCUT2D eigenvalue weighted by Gasteiger charge is -2.24. The maximum absolute atomic E-state index is 11.6. The summed E-state index contributed by atoms with van der Waals surface area (Å²) < 4.78 is 10.7. The van der Waals surface area contributed by atoms with Crippen molar-refractivity contribution in [2.45, 2.75) is 52.2 Å². The van der Waals surface area contributed by atoms with Crippen LogP contribution in [0, 0.1) is 11.8 Å². The van der Waals surface area contributed by atoms with Crippen molar-refractivity contribution in [1.82, 2.24) is 0 Å². The molecule has 0 spiro atoms. The molecule has 0 saturated carbocycles. The Morgan fingerprint density at radius 2 is 2.14 bits per heavy atom. The summed E-state index contributed by atoms with van der Waals surface area (Å²) in [5, 5.41) is 0. The van der Waals surface area contributed by atoms with Crippen molar-refractivity contribution in [2.24, 2.45) is 11.8 Å². The summed E-state index contributed by atoms with van der Waals surface area (Å²) in [6, 6.07) is 0. The van der Waals surface area contributed by atoms with Crippen molar-refractivity contribution in [3.8, 4) is 0 Å². The molecule has 0 aromatic rings. The molecule has 0 N–H and O–H groups in total. The predicted molar refractivity (Wildman–Crippen MR) is 79.8 cm³/mol. The van der Waals surface area contributed by atoms with Crippen LogP contribution in [0.5, 0.6) is 0 Å². The van der Waals surface area contributed by atoms with Gasteiger partial charge in [0.15, 0.2) is 0 Å². The van der Waals surface area contributed by atoms with E-state index in [2.05, 4.69) is 6.58 Å². The Balaban J connectivity index is 2.23. The zero-order valence-corrected chi connectivity index (χ0v) is 13.3. The number of rotatable bonds is 4. The molecular weight excluding hydrogens is 284 g/mol. The summed E-state index contributed by atoms with van der Waals surface area (Å²) in [7, 11) is 0. The van der Waals surface area contributed by atoms with Crippen LogP contribution in [0.3, 0.4) is 0 Å². The summed E-state index contributed by atoms with van der Waals surface area (Å²) >= 11 is 0. The van der Waals surface area contributed by atoms with E-state index in [0.717, 1.165) is 5.57 Å². The van der Waals surface area contributed by atoms with Crippen LogP contribution < -0.4 is 0 Å². The van der Waals surface area contributed by atoms with E-state index >= 15 is 0 Å². The van der Waals surface area contributed by atoms with Crippen molar-refractivity contribution in [2.75, 3.05) is 0 Å². The Morgan fingerprint density at radius 1 is 1.45 bits per heavy atom. The van der Waals surface area contributed by atoms with Crippen LogP contribution in [-0.4, -0.2) is 29.9 Å². The number of carbonyl (C=O) groups excluding carboxylic acids is 3. The predicted octanol–water partition coefficient (Wildman–Crippen LogP) is 2.35. The molecule has 120 valence electrons. The van der Waals surface area contributed by atoms with Gasteiger partial charge >= 0.3 is 11.9 Å². The van der Waals surface area contributed by atoms with E-state index in [9.17, 15) is 14.4 Å². The van der Waals surface area contributed by atoms with Gasteiger partial charge in [0, 0.05) is 24.8 Å². The first kappa shape index (κ1) is 16.5. The van der Waals surface area contributed by atoms with Gasteiger partial charge in [-0.25, -0.2) is 4.79 Å². The standard InChI is InChI=1S/C17H22O5/c1-9-7-15-14(11(3)17(20)22-15)6-5-13(9)16(8-10(2)18)21-12(4)19/h5,9,14-16H,3,6-8H2,1-2,4H3/t9-,14+,15+,16+/m0/s1.